The molecule has 0 radical (unpaired) electrons. The number of carbonyl (C=O) groups is 1. The van der Waals surface area contributed by atoms with Crippen LogP contribution in [0.4, 0.5) is 5.69 Å². The molecule has 0 aliphatic carbocycles. The topological polar surface area (TPSA) is 113 Å². The lowest BCUT2D eigenvalue weighted by molar-refractivity contribution is -0.387. The maximum absolute atomic E-state index is 12.5. The second kappa shape index (κ2) is 7.02. The maximum atomic E-state index is 12.5. The number of nitrogens with zero attached hydrogens (tertiary/aromatic N) is 3. The smallest absolute Gasteiger partial charge is 0.289 e. The Bertz CT molecular complexity index is 700. The zero-order valence-electron chi connectivity index (χ0n) is 12.6. The number of nitro groups is 1. The van der Waals surface area contributed by atoms with Gasteiger partial charge in [-0.05, 0) is 6.07 Å². The Kier molecular flexibility index (Phi) is 5.29. The average molecular weight is 342 g/mol. The maximum Gasteiger partial charge on any atom is 0.289 e. The van der Waals surface area contributed by atoms with Crippen molar-refractivity contribution in [3.8, 4) is 0 Å². The number of carbonyl (C=O) groups excluding carboxylic acids is 1. The van der Waals surface area contributed by atoms with Gasteiger partial charge < -0.3 is 10.2 Å². The van der Waals surface area contributed by atoms with Crippen LogP contribution in [0.1, 0.15) is 0 Å². The van der Waals surface area contributed by atoms with Crippen molar-refractivity contribution in [2.75, 3.05) is 39.8 Å². The number of nitrogens with one attached hydrogen (secondary N) is 1. The molecule has 0 spiro atoms. The molecule has 1 aromatic rings. The molecule has 23 heavy (non-hydrogen) atoms. The molecule has 2 rings (SSSR count). The van der Waals surface area contributed by atoms with Gasteiger partial charge in [0.25, 0.3) is 5.69 Å². The summed E-state index contributed by atoms with van der Waals surface area (Å²) in [5, 5.41) is 14.1. The predicted molar refractivity (Wildman–Crippen MR) is 82.4 cm³/mol. The van der Waals surface area contributed by atoms with Gasteiger partial charge in [-0.2, -0.15) is 4.31 Å². The van der Waals surface area contributed by atoms with E-state index in [9.17, 15) is 23.3 Å². The molecule has 126 valence electrons. The molecule has 1 aliphatic rings. The van der Waals surface area contributed by atoms with Gasteiger partial charge in [0.15, 0.2) is 4.90 Å². The van der Waals surface area contributed by atoms with Crippen LogP contribution in [0.25, 0.3) is 0 Å². The lowest BCUT2D eigenvalue weighted by atomic mass is 10.3. The molecule has 1 fully saturated rings. The highest BCUT2D eigenvalue weighted by atomic mass is 32.2. The summed E-state index contributed by atoms with van der Waals surface area (Å²) in [5.74, 6) is -0.323. The SMILES string of the molecule is CN(CC(=O)N1CCNCC1)S(=O)(=O)c1ccccc1[N+](=O)[O-]. The standard InChI is InChI=1S/C13H18N4O5S/c1-15(10-13(18)16-8-6-14-7-9-16)23(21,22)12-5-3-2-4-11(12)17(19)20/h2-5,14H,6-10H2,1H3. The number of nitro benzene ring substituents is 1. The number of piperazine rings is 1. The fraction of sp³-hybridized carbons (Fsp3) is 0.462. The Morgan fingerprint density at radius 3 is 2.57 bits per heavy atom. The summed E-state index contributed by atoms with van der Waals surface area (Å²) in [6.45, 7) is 1.99. The molecule has 1 heterocycles. The van der Waals surface area contributed by atoms with Crippen molar-refractivity contribution < 1.29 is 18.1 Å². The summed E-state index contributed by atoms with van der Waals surface area (Å²) in [6.07, 6.45) is 0. The van der Waals surface area contributed by atoms with Crippen LogP contribution >= 0.6 is 0 Å². The van der Waals surface area contributed by atoms with Crippen LogP contribution in [0.15, 0.2) is 29.2 Å². The number of rotatable bonds is 5. The van der Waals surface area contributed by atoms with Crippen molar-refractivity contribution in [2.45, 2.75) is 4.90 Å². The summed E-state index contributed by atoms with van der Waals surface area (Å²) in [4.78, 5) is 23.6. The quantitative estimate of drug-likeness (QED) is 0.578. The van der Waals surface area contributed by atoms with Crippen molar-refractivity contribution in [3.05, 3.63) is 34.4 Å². The second-order valence-electron chi connectivity index (χ2n) is 5.12. The molecule has 1 aromatic carbocycles. The van der Waals surface area contributed by atoms with Gasteiger partial charge in [-0.25, -0.2) is 8.42 Å². The molecular weight excluding hydrogens is 324 g/mol. The van der Waals surface area contributed by atoms with E-state index in [2.05, 4.69) is 5.32 Å². The van der Waals surface area contributed by atoms with Crippen LogP contribution in [0, 0.1) is 10.1 Å². The van der Waals surface area contributed by atoms with Crippen molar-refractivity contribution in [2.24, 2.45) is 0 Å². The summed E-state index contributed by atoms with van der Waals surface area (Å²) < 4.78 is 25.9. The van der Waals surface area contributed by atoms with Crippen LogP contribution in [-0.4, -0.2) is 68.2 Å². The van der Waals surface area contributed by atoms with Crippen LogP contribution in [-0.2, 0) is 14.8 Å². The number of hydrogen-bond acceptors (Lipinski definition) is 6. The van der Waals surface area contributed by atoms with E-state index < -0.39 is 25.5 Å². The molecular formula is C13H18N4O5S. The third-order valence-corrected chi connectivity index (χ3v) is 5.43. The van der Waals surface area contributed by atoms with Gasteiger partial charge in [-0.1, -0.05) is 12.1 Å². The first-order chi connectivity index (χ1) is 10.8. The molecule has 0 bridgehead atoms. The Morgan fingerprint density at radius 2 is 1.96 bits per heavy atom. The van der Waals surface area contributed by atoms with E-state index in [1.54, 1.807) is 4.90 Å². The van der Waals surface area contributed by atoms with Crippen molar-refractivity contribution in [3.63, 3.8) is 0 Å². The van der Waals surface area contributed by atoms with E-state index in [0.717, 1.165) is 10.4 Å². The third kappa shape index (κ3) is 3.84. The van der Waals surface area contributed by atoms with Gasteiger partial charge in [0, 0.05) is 39.3 Å². The van der Waals surface area contributed by atoms with Crippen molar-refractivity contribution in [1.82, 2.24) is 14.5 Å². The summed E-state index contributed by atoms with van der Waals surface area (Å²) >= 11 is 0. The largest absolute Gasteiger partial charge is 0.339 e. The molecule has 0 unspecified atom stereocenters. The third-order valence-electron chi connectivity index (χ3n) is 3.58. The molecule has 9 nitrogen and oxygen atoms in total. The van der Waals surface area contributed by atoms with Crippen LogP contribution < -0.4 is 5.32 Å². The number of benzene rings is 1. The lowest BCUT2D eigenvalue weighted by Crippen LogP contribution is -2.49. The Morgan fingerprint density at radius 1 is 1.35 bits per heavy atom. The van der Waals surface area contributed by atoms with E-state index in [1.165, 1.54) is 25.2 Å². The number of amides is 1. The van der Waals surface area contributed by atoms with E-state index in [4.69, 9.17) is 0 Å². The Balaban J connectivity index is 2.19. The van der Waals surface area contributed by atoms with Gasteiger partial charge in [0.1, 0.15) is 0 Å². The number of para-hydroxylation sites is 1. The number of likely N-dealkylation sites (N-methyl/N-ethyl adjacent to an activating group) is 1. The minimum Gasteiger partial charge on any atom is -0.339 e. The molecule has 0 atom stereocenters. The fourth-order valence-electron chi connectivity index (χ4n) is 2.28. The Hall–Kier alpha value is -2.04. The summed E-state index contributed by atoms with van der Waals surface area (Å²) in [6, 6.07) is 5.09. The molecule has 1 amide bonds. The first-order valence-corrected chi connectivity index (χ1v) is 8.46. The molecule has 1 saturated heterocycles. The minimum absolute atomic E-state index is 0.323. The first-order valence-electron chi connectivity index (χ1n) is 7.02. The molecule has 0 saturated carbocycles. The summed E-state index contributed by atoms with van der Waals surface area (Å²) in [7, 11) is -2.88. The minimum atomic E-state index is -4.12. The second-order valence-corrected chi connectivity index (χ2v) is 7.13. The van der Waals surface area contributed by atoms with E-state index in [-0.39, 0.29) is 12.5 Å². The predicted octanol–water partition coefficient (Wildman–Crippen LogP) is -0.353. The van der Waals surface area contributed by atoms with Crippen LogP contribution in [0.5, 0.6) is 0 Å². The number of sulfonamides is 1. The van der Waals surface area contributed by atoms with Gasteiger partial charge in [0.05, 0.1) is 11.5 Å². The fourth-order valence-corrected chi connectivity index (χ4v) is 3.56. The first kappa shape index (κ1) is 17.3. The number of hydrogen-bond donors (Lipinski definition) is 1. The highest BCUT2D eigenvalue weighted by Gasteiger charge is 2.31. The summed E-state index contributed by atoms with van der Waals surface area (Å²) in [5.41, 5.74) is -0.506. The lowest BCUT2D eigenvalue weighted by Gasteiger charge is -2.29. The highest BCUT2D eigenvalue weighted by molar-refractivity contribution is 7.89. The van der Waals surface area contributed by atoms with Gasteiger partial charge in [-0.15, -0.1) is 0 Å². The molecule has 0 aromatic heterocycles. The van der Waals surface area contributed by atoms with E-state index in [1.807, 2.05) is 0 Å². The van der Waals surface area contributed by atoms with Crippen LogP contribution in [0.2, 0.25) is 0 Å². The molecule has 10 heteroatoms. The van der Waals surface area contributed by atoms with Gasteiger partial charge in [0.2, 0.25) is 15.9 Å². The molecule has 1 aliphatic heterocycles. The van der Waals surface area contributed by atoms with Gasteiger partial charge >= 0.3 is 0 Å². The zero-order chi connectivity index (χ0) is 17.0. The van der Waals surface area contributed by atoms with Gasteiger partial charge in [-0.3, -0.25) is 14.9 Å². The monoisotopic (exact) mass is 342 g/mol. The molecule has 1 N–H and O–H groups in total. The zero-order valence-corrected chi connectivity index (χ0v) is 13.5. The normalized spacial score (nSPS) is 15.7. The van der Waals surface area contributed by atoms with Crippen LogP contribution in [0.3, 0.4) is 0 Å². The average Bonchev–Trinajstić information content (AvgIpc) is 2.55. The van der Waals surface area contributed by atoms with Crippen molar-refractivity contribution in [1.29, 1.82) is 0 Å². The highest BCUT2D eigenvalue weighted by Crippen LogP contribution is 2.25. The van der Waals surface area contributed by atoms with E-state index >= 15 is 0 Å². The Labute approximate surface area is 134 Å². The van der Waals surface area contributed by atoms with E-state index in [0.29, 0.717) is 26.2 Å². The van der Waals surface area contributed by atoms with Crippen molar-refractivity contribution >= 4 is 21.6 Å².